The number of fused-ring (bicyclic) bond motifs is 1. The molecule has 3 aromatic rings. The monoisotopic (exact) mass is 558 g/mol. The van der Waals surface area contributed by atoms with E-state index in [1.165, 1.54) is 18.2 Å². The van der Waals surface area contributed by atoms with Crippen LogP contribution in [0.25, 0.3) is 0 Å². The van der Waals surface area contributed by atoms with E-state index in [2.05, 4.69) is 0 Å². The Labute approximate surface area is 217 Å². The summed E-state index contributed by atoms with van der Waals surface area (Å²) >= 11 is 24.6. The van der Waals surface area contributed by atoms with E-state index in [4.69, 9.17) is 56.2 Å². The van der Waals surface area contributed by atoms with Crippen LogP contribution in [-0.2, 0) is 21.6 Å². The average molecular weight is 560 g/mol. The van der Waals surface area contributed by atoms with Crippen molar-refractivity contribution in [3.05, 3.63) is 78.2 Å². The molecule has 12 heteroatoms. The van der Waals surface area contributed by atoms with E-state index >= 15 is 0 Å². The first-order valence-electron chi connectivity index (χ1n) is 9.78. The number of aryl methyl sites for hydroxylation is 1. The molecule has 0 bridgehead atoms. The Morgan fingerprint density at radius 1 is 0.800 bits per heavy atom. The zero-order valence-electron chi connectivity index (χ0n) is 17.3. The summed E-state index contributed by atoms with van der Waals surface area (Å²) in [7, 11) is 0. The molecule has 5 N–H and O–H groups in total. The third kappa shape index (κ3) is 3.96. The van der Waals surface area contributed by atoms with Gasteiger partial charge in [-0.25, -0.2) is 4.79 Å². The van der Waals surface area contributed by atoms with E-state index in [9.17, 15) is 30.0 Å². The highest BCUT2D eigenvalue weighted by atomic mass is 35.5. The summed E-state index contributed by atoms with van der Waals surface area (Å²) in [5, 5.41) is 50.5. The standard InChI is InChI=1S/C23H14Cl4O8/c24-13-4-9-10(5-14(13)25)23(35-22(9)34,11-6-15(26)17(29)7-16(11)28)12-3-8(1-2-18(30)31)20(32)19(27)21(12)33/h3-7,28-29,32-33H,1-2H2,(H,30,31). The topological polar surface area (TPSA) is 145 Å². The first-order chi connectivity index (χ1) is 16.4. The maximum absolute atomic E-state index is 13.0. The quantitative estimate of drug-likeness (QED) is 0.254. The van der Waals surface area contributed by atoms with Crippen LogP contribution in [0.1, 0.15) is 39.0 Å². The number of hydrogen-bond acceptors (Lipinski definition) is 7. The first kappa shape index (κ1) is 25.1. The van der Waals surface area contributed by atoms with Gasteiger partial charge >= 0.3 is 11.9 Å². The molecule has 0 aromatic heterocycles. The molecule has 3 aromatic carbocycles. The van der Waals surface area contributed by atoms with Crippen LogP contribution in [0.5, 0.6) is 23.0 Å². The fourth-order valence-corrected chi connectivity index (χ4v) is 4.73. The maximum atomic E-state index is 13.0. The van der Waals surface area contributed by atoms with Crippen LogP contribution in [0.2, 0.25) is 20.1 Å². The van der Waals surface area contributed by atoms with Crippen LogP contribution in [0.3, 0.4) is 0 Å². The number of carbonyl (C=O) groups excluding carboxylic acids is 1. The number of carbonyl (C=O) groups is 2. The molecule has 1 heterocycles. The number of rotatable bonds is 5. The molecule has 0 amide bonds. The van der Waals surface area contributed by atoms with Crippen molar-refractivity contribution in [3.8, 4) is 23.0 Å². The van der Waals surface area contributed by atoms with E-state index in [-0.39, 0.29) is 49.3 Å². The molecule has 35 heavy (non-hydrogen) atoms. The summed E-state index contributed by atoms with van der Waals surface area (Å²) in [6.45, 7) is 0. The third-order valence-electron chi connectivity index (χ3n) is 5.63. The van der Waals surface area contributed by atoms with Crippen molar-refractivity contribution in [2.24, 2.45) is 0 Å². The molecule has 1 atom stereocenters. The van der Waals surface area contributed by atoms with Crippen molar-refractivity contribution < 1.29 is 39.9 Å². The Kier molecular flexibility index (Phi) is 6.36. The van der Waals surface area contributed by atoms with Crippen LogP contribution in [0, 0.1) is 0 Å². The number of carboxylic acids is 1. The maximum Gasteiger partial charge on any atom is 0.340 e. The minimum Gasteiger partial charge on any atom is -0.507 e. The van der Waals surface area contributed by atoms with Crippen LogP contribution >= 0.6 is 46.4 Å². The zero-order valence-corrected chi connectivity index (χ0v) is 20.3. The second-order valence-electron chi connectivity index (χ2n) is 7.69. The minimum absolute atomic E-state index is 0.00734. The number of esters is 1. The summed E-state index contributed by atoms with van der Waals surface area (Å²) in [4.78, 5) is 24.1. The van der Waals surface area contributed by atoms with Crippen molar-refractivity contribution in [1.82, 2.24) is 0 Å². The van der Waals surface area contributed by atoms with Crippen molar-refractivity contribution in [2.45, 2.75) is 18.4 Å². The largest absolute Gasteiger partial charge is 0.507 e. The van der Waals surface area contributed by atoms with Gasteiger partial charge in [0.25, 0.3) is 0 Å². The van der Waals surface area contributed by atoms with Gasteiger partial charge in [-0.15, -0.1) is 0 Å². The van der Waals surface area contributed by atoms with E-state index < -0.39 is 52.0 Å². The number of cyclic esters (lactones) is 1. The van der Waals surface area contributed by atoms with Crippen LogP contribution in [-0.4, -0.2) is 37.5 Å². The molecule has 0 spiro atoms. The average Bonchev–Trinajstić information content (AvgIpc) is 3.06. The predicted molar refractivity (Wildman–Crippen MR) is 127 cm³/mol. The molecule has 0 radical (unpaired) electrons. The normalized spacial score (nSPS) is 16.7. The molecule has 0 saturated heterocycles. The second kappa shape index (κ2) is 8.87. The van der Waals surface area contributed by atoms with Gasteiger partial charge in [-0.05, 0) is 36.2 Å². The Hall–Kier alpha value is -3.04. The molecule has 0 aliphatic carbocycles. The van der Waals surface area contributed by atoms with E-state index in [1.807, 2.05) is 0 Å². The number of phenols is 4. The zero-order chi connectivity index (χ0) is 25.8. The number of halogens is 4. The molecule has 0 saturated carbocycles. The van der Waals surface area contributed by atoms with Crippen molar-refractivity contribution in [1.29, 1.82) is 0 Å². The SMILES string of the molecule is O=C(O)CCc1cc(C2(c3cc(Cl)c(O)cc3O)OC(=O)c3cc(Cl)c(Cl)cc32)c(O)c(Cl)c1O. The molecule has 1 unspecified atom stereocenters. The molecular weight excluding hydrogens is 546 g/mol. The van der Waals surface area contributed by atoms with Gasteiger partial charge in [0.05, 0.1) is 20.6 Å². The highest BCUT2D eigenvalue weighted by molar-refractivity contribution is 6.42. The van der Waals surface area contributed by atoms with Gasteiger partial charge in [0.15, 0.2) is 5.60 Å². The number of ether oxygens (including phenoxy) is 1. The molecule has 8 nitrogen and oxygen atoms in total. The Bertz CT molecular complexity index is 1420. The molecule has 182 valence electrons. The van der Waals surface area contributed by atoms with Gasteiger partial charge in [0.1, 0.15) is 28.0 Å². The lowest BCUT2D eigenvalue weighted by atomic mass is 9.78. The highest BCUT2D eigenvalue weighted by Gasteiger charge is 2.53. The fourth-order valence-electron chi connectivity index (χ4n) is 4.02. The van der Waals surface area contributed by atoms with E-state index in [0.717, 1.165) is 12.1 Å². The minimum atomic E-state index is -2.14. The van der Waals surface area contributed by atoms with E-state index in [1.54, 1.807) is 0 Å². The Morgan fingerprint density at radius 3 is 2.09 bits per heavy atom. The van der Waals surface area contributed by atoms with Gasteiger partial charge in [0, 0.05) is 29.2 Å². The van der Waals surface area contributed by atoms with Crippen LogP contribution < -0.4 is 0 Å². The van der Waals surface area contributed by atoms with E-state index in [0.29, 0.717) is 0 Å². The van der Waals surface area contributed by atoms with Gasteiger partial charge < -0.3 is 30.3 Å². The lowest BCUT2D eigenvalue weighted by Gasteiger charge is -2.32. The Balaban J connectivity index is 2.15. The molecule has 1 aliphatic heterocycles. The molecule has 4 rings (SSSR count). The number of aromatic hydroxyl groups is 4. The van der Waals surface area contributed by atoms with Gasteiger partial charge in [0.2, 0.25) is 0 Å². The Morgan fingerprint density at radius 2 is 1.43 bits per heavy atom. The van der Waals surface area contributed by atoms with Crippen molar-refractivity contribution in [3.63, 3.8) is 0 Å². The van der Waals surface area contributed by atoms with Gasteiger partial charge in [-0.2, -0.15) is 0 Å². The van der Waals surface area contributed by atoms with Crippen LogP contribution in [0.15, 0.2) is 30.3 Å². The molecule has 0 fully saturated rings. The lowest BCUT2D eigenvalue weighted by molar-refractivity contribution is -0.136. The van der Waals surface area contributed by atoms with Crippen molar-refractivity contribution >= 4 is 58.3 Å². The molecular formula is C23H14Cl4O8. The number of benzene rings is 3. The summed E-state index contributed by atoms with van der Waals surface area (Å²) in [6, 6.07) is 5.76. The number of carboxylic acid groups (broad SMARTS) is 1. The van der Waals surface area contributed by atoms with Gasteiger partial charge in [-0.1, -0.05) is 46.4 Å². The first-order valence-corrected chi connectivity index (χ1v) is 11.3. The third-order valence-corrected chi connectivity index (χ3v) is 7.01. The summed E-state index contributed by atoms with van der Waals surface area (Å²) in [5.74, 6) is -4.41. The van der Waals surface area contributed by atoms with Crippen LogP contribution in [0.4, 0.5) is 0 Å². The summed E-state index contributed by atoms with van der Waals surface area (Å²) < 4.78 is 5.76. The smallest absolute Gasteiger partial charge is 0.340 e. The molecule has 1 aliphatic rings. The van der Waals surface area contributed by atoms with Crippen molar-refractivity contribution in [2.75, 3.05) is 0 Å². The summed E-state index contributed by atoms with van der Waals surface area (Å²) in [5.41, 5.74) is -2.57. The highest BCUT2D eigenvalue weighted by Crippen LogP contribution is 2.56. The number of phenolic OH excluding ortho intramolecular Hbond substituents is 4. The summed E-state index contributed by atoms with van der Waals surface area (Å²) in [6.07, 6.45) is -0.593. The predicted octanol–water partition coefficient (Wildman–Crippen LogP) is 5.60. The number of aliphatic carboxylic acids is 1. The number of hydrogen-bond donors (Lipinski definition) is 5. The fraction of sp³-hybridized carbons (Fsp3) is 0.130. The second-order valence-corrected chi connectivity index (χ2v) is 9.29. The lowest BCUT2D eigenvalue weighted by Crippen LogP contribution is -2.30. The van der Waals surface area contributed by atoms with Gasteiger partial charge in [-0.3, -0.25) is 4.79 Å².